The molecule has 0 heterocycles. The van der Waals surface area contributed by atoms with Crippen LogP contribution in [0.25, 0.3) is 0 Å². The maximum Gasteiger partial charge on any atom is 0.335 e. The molecule has 0 atom stereocenters. The van der Waals surface area contributed by atoms with E-state index < -0.39 is 7.60 Å². The fraction of sp³-hybridized carbons (Fsp3) is 0.316. The van der Waals surface area contributed by atoms with Gasteiger partial charge in [0, 0.05) is 11.1 Å². The average Bonchev–Trinajstić information content (AvgIpc) is 2.64. The average molecular weight is 377 g/mol. The van der Waals surface area contributed by atoms with Crippen LogP contribution in [0.2, 0.25) is 0 Å². The molecule has 26 heavy (non-hydrogen) atoms. The highest BCUT2D eigenvalue weighted by Crippen LogP contribution is 2.51. The highest BCUT2D eigenvalue weighted by molar-refractivity contribution is 7.53. The minimum absolute atomic E-state index is 0.198. The van der Waals surface area contributed by atoms with Crippen molar-refractivity contribution in [3.63, 3.8) is 0 Å². The number of rotatable bonds is 9. The lowest BCUT2D eigenvalue weighted by Crippen LogP contribution is -2.04. The van der Waals surface area contributed by atoms with Crippen LogP contribution < -0.4 is 4.74 Å². The lowest BCUT2D eigenvalue weighted by molar-refractivity contribution is 0.219. The Balaban J connectivity index is 2.20. The first-order valence-electron chi connectivity index (χ1n) is 8.39. The summed E-state index contributed by atoms with van der Waals surface area (Å²) in [5, 5.41) is 12.8. The van der Waals surface area contributed by atoms with Crippen molar-refractivity contribution >= 4 is 13.3 Å². The fourth-order valence-electron chi connectivity index (χ4n) is 2.54. The molecule has 0 aliphatic carbocycles. The van der Waals surface area contributed by atoms with Crippen LogP contribution in [0.5, 0.6) is 5.75 Å². The Kier molecular flexibility index (Phi) is 7.39. The molecule has 0 unspecified atom stereocenters. The zero-order valence-corrected chi connectivity index (χ0v) is 16.1. The second-order valence-electron chi connectivity index (χ2n) is 5.48. The van der Waals surface area contributed by atoms with Crippen LogP contribution in [0.15, 0.2) is 53.7 Å². The van der Waals surface area contributed by atoms with Crippen molar-refractivity contribution in [1.29, 1.82) is 0 Å². The van der Waals surface area contributed by atoms with Gasteiger partial charge < -0.3 is 19.0 Å². The SMILES string of the molecule is CCOP(=O)(Cc1ccc(/C(=N/O)c2ccc(OC)cc2)cc1)OCC. The third-order valence-corrected chi connectivity index (χ3v) is 5.77. The minimum atomic E-state index is -3.15. The largest absolute Gasteiger partial charge is 0.497 e. The van der Waals surface area contributed by atoms with E-state index in [4.69, 9.17) is 13.8 Å². The molecule has 0 amide bonds. The number of ether oxygens (including phenoxy) is 1. The Hall–Kier alpha value is -2.14. The minimum Gasteiger partial charge on any atom is -0.497 e. The van der Waals surface area contributed by atoms with E-state index in [0.29, 0.717) is 18.9 Å². The normalized spacial score (nSPS) is 12.2. The molecule has 0 spiro atoms. The van der Waals surface area contributed by atoms with Gasteiger partial charge in [-0.2, -0.15) is 0 Å². The summed E-state index contributed by atoms with van der Waals surface area (Å²) in [5.74, 6) is 0.726. The molecule has 0 saturated carbocycles. The lowest BCUT2D eigenvalue weighted by atomic mass is 10.0. The first kappa shape index (κ1) is 20.2. The van der Waals surface area contributed by atoms with E-state index in [0.717, 1.165) is 22.4 Å². The maximum atomic E-state index is 12.6. The highest BCUT2D eigenvalue weighted by atomic mass is 31.2. The first-order valence-corrected chi connectivity index (χ1v) is 10.1. The van der Waals surface area contributed by atoms with Crippen molar-refractivity contribution in [3.8, 4) is 5.75 Å². The Morgan fingerprint density at radius 2 is 1.46 bits per heavy atom. The molecule has 1 N–H and O–H groups in total. The van der Waals surface area contributed by atoms with E-state index in [1.807, 2.05) is 36.4 Å². The van der Waals surface area contributed by atoms with Gasteiger partial charge >= 0.3 is 7.60 Å². The predicted molar refractivity (Wildman–Crippen MR) is 101 cm³/mol. The van der Waals surface area contributed by atoms with Crippen LogP contribution in [0, 0.1) is 0 Å². The molecule has 2 aromatic carbocycles. The van der Waals surface area contributed by atoms with Crippen LogP contribution in [0.1, 0.15) is 30.5 Å². The van der Waals surface area contributed by atoms with Crippen LogP contribution in [0.4, 0.5) is 0 Å². The van der Waals surface area contributed by atoms with E-state index in [1.165, 1.54) is 0 Å². The van der Waals surface area contributed by atoms with Gasteiger partial charge in [-0.05, 0) is 43.7 Å². The fourth-order valence-corrected chi connectivity index (χ4v) is 4.25. The van der Waals surface area contributed by atoms with Gasteiger partial charge in [0.05, 0.1) is 26.5 Å². The summed E-state index contributed by atoms with van der Waals surface area (Å²) in [6.07, 6.45) is 0.198. The topological polar surface area (TPSA) is 77.4 Å². The molecule has 0 aromatic heterocycles. The Morgan fingerprint density at radius 1 is 0.962 bits per heavy atom. The van der Waals surface area contributed by atoms with Crippen molar-refractivity contribution in [3.05, 3.63) is 65.2 Å². The van der Waals surface area contributed by atoms with Gasteiger partial charge in [-0.1, -0.05) is 29.4 Å². The number of oxime groups is 1. The molecular formula is C19H24NO5P. The number of nitrogens with zero attached hydrogens (tertiary/aromatic N) is 1. The van der Waals surface area contributed by atoms with E-state index in [9.17, 15) is 9.77 Å². The van der Waals surface area contributed by atoms with Gasteiger partial charge in [-0.15, -0.1) is 0 Å². The second-order valence-corrected chi connectivity index (χ2v) is 7.53. The van der Waals surface area contributed by atoms with Gasteiger partial charge in [0.15, 0.2) is 0 Å². The molecule has 0 fully saturated rings. The van der Waals surface area contributed by atoms with Gasteiger partial charge in [0.1, 0.15) is 11.5 Å². The number of hydrogen-bond acceptors (Lipinski definition) is 6. The van der Waals surface area contributed by atoms with Crippen molar-refractivity contribution in [2.75, 3.05) is 20.3 Å². The summed E-state index contributed by atoms with van der Waals surface area (Å²) in [6, 6.07) is 14.5. The smallest absolute Gasteiger partial charge is 0.335 e. The standard InChI is InChI=1S/C19H24NO5P/c1-4-24-26(22,25-5-2)14-15-6-8-16(9-7-15)19(20-21)17-10-12-18(23-3)13-11-17/h6-13,21H,4-5,14H2,1-3H3/b20-19-. The zero-order valence-electron chi connectivity index (χ0n) is 15.2. The summed E-state index contributed by atoms with van der Waals surface area (Å²) in [7, 11) is -1.55. The maximum absolute atomic E-state index is 12.6. The molecule has 2 aromatic rings. The van der Waals surface area contributed by atoms with Crippen molar-refractivity contribution in [2.45, 2.75) is 20.0 Å². The summed E-state index contributed by atoms with van der Waals surface area (Å²) >= 11 is 0. The third-order valence-electron chi connectivity index (χ3n) is 3.72. The summed E-state index contributed by atoms with van der Waals surface area (Å²) in [4.78, 5) is 0. The quantitative estimate of drug-likeness (QED) is 0.297. The van der Waals surface area contributed by atoms with Crippen molar-refractivity contribution < 1.29 is 23.6 Å². The van der Waals surface area contributed by atoms with Gasteiger partial charge in [-0.25, -0.2) is 0 Å². The molecule has 0 aliphatic rings. The number of methoxy groups -OCH3 is 1. The molecule has 0 radical (unpaired) electrons. The first-order chi connectivity index (χ1) is 12.5. The monoisotopic (exact) mass is 377 g/mol. The summed E-state index contributed by atoms with van der Waals surface area (Å²) in [6.45, 7) is 4.23. The third kappa shape index (κ3) is 5.18. The molecular weight excluding hydrogens is 353 g/mol. The Labute approximate surface area is 153 Å². The summed E-state index contributed by atoms with van der Waals surface area (Å²) in [5.41, 5.74) is 2.77. The molecule has 2 rings (SSSR count). The molecule has 0 bridgehead atoms. The van der Waals surface area contributed by atoms with Crippen LogP contribution in [-0.4, -0.2) is 31.2 Å². The van der Waals surface area contributed by atoms with Gasteiger partial charge in [-0.3, -0.25) is 4.57 Å². The van der Waals surface area contributed by atoms with E-state index in [2.05, 4.69) is 5.16 Å². The van der Waals surface area contributed by atoms with Gasteiger partial charge in [0.2, 0.25) is 0 Å². The number of benzene rings is 2. The second kappa shape index (κ2) is 9.53. The van der Waals surface area contributed by atoms with E-state index in [-0.39, 0.29) is 6.16 Å². The molecule has 140 valence electrons. The molecule has 0 saturated heterocycles. The molecule has 0 aliphatic heterocycles. The van der Waals surface area contributed by atoms with E-state index >= 15 is 0 Å². The Morgan fingerprint density at radius 3 is 1.88 bits per heavy atom. The van der Waals surface area contributed by atoms with E-state index in [1.54, 1.807) is 33.1 Å². The summed E-state index contributed by atoms with van der Waals surface area (Å²) < 4.78 is 28.4. The highest BCUT2D eigenvalue weighted by Gasteiger charge is 2.24. The van der Waals surface area contributed by atoms with Crippen molar-refractivity contribution in [2.24, 2.45) is 5.16 Å². The van der Waals surface area contributed by atoms with Gasteiger partial charge in [0.25, 0.3) is 0 Å². The predicted octanol–water partition coefficient (Wildman–Crippen LogP) is 4.69. The Bertz CT molecular complexity index is 762. The zero-order chi connectivity index (χ0) is 19.0. The molecule has 7 heteroatoms. The molecule has 6 nitrogen and oxygen atoms in total. The number of hydrogen-bond donors (Lipinski definition) is 1. The van der Waals surface area contributed by atoms with Crippen LogP contribution >= 0.6 is 7.60 Å². The van der Waals surface area contributed by atoms with Crippen LogP contribution in [0.3, 0.4) is 0 Å². The van der Waals surface area contributed by atoms with Crippen molar-refractivity contribution in [1.82, 2.24) is 0 Å². The lowest BCUT2D eigenvalue weighted by Gasteiger charge is -2.17. The van der Waals surface area contributed by atoms with Crippen LogP contribution in [-0.2, 0) is 19.8 Å².